The molecular weight excluding hydrogens is 533 g/mol. The van der Waals surface area contributed by atoms with Crippen molar-refractivity contribution in [3.63, 3.8) is 0 Å². The van der Waals surface area contributed by atoms with E-state index in [2.05, 4.69) is 38.8 Å². The molecule has 1 N–H and O–H groups in total. The van der Waals surface area contributed by atoms with Gasteiger partial charge >= 0.3 is 0 Å². The van der Waals surface area contributed by atoms with Crippen molar-refractivity contribution in [1.82, 2.24) is 20.1 Å². The Hall–Kier alpha value is -0.480. The third kappa shape index (κ3) is 6.78. The number of aryl methyl sites for hydroxylation is 2. The summed E-state index contributed by atoms with van der Waals surface area (Å²) in [7, 11) is 0. The number of aromatic nitrogens is 1. The molecule has 0 radical (unpaired) electrons. The largest absolute Gasteiger partial charge is 0.444 e. The fourth-order valence-electron chi connectivity index (χ4n) is 5.29. The van der Waals surface area contributed by atoms with Crippen LogP contribution in [0.3, 0.4) is 0 Å². The fraction of sp³-hybridized carbons (Fsp3) is 0.833. The first-order valence-electron chi connectivity index (χ1n) is 12.4. The third-order valence-electron chi connectivity index (χ3n) is 7.29. The lowest BCUT2D eigenvalue weighted by molar-refractivity contribution is 0.166. The van der Waals surface area contributed by atoms with E-state index in [0.717, 1.165) is 62.6 Å². The van der Waals surface area contributed by atoms with Crippen molar-refractivity contribution < 1.29 is 4.42 Å². The maximum atomic E-state index is 5.77. The van der Waals surface area contributed by atoms with Gasteiger partial charge in [-0.3, -0.25) is 9.89 Å². The maximum Gasteiger partial charge on any atom is 0.208 e. The van der Waals surface area contributed by atoms with Gasteiger partial charge in [-0.25, -0.2) is 4.98 Å². The Bertz CT molecular complexity index is 716. The van der Waals surface area contributed by atoms with Crippen LogP contribution in [0.2, 0.25) is 0 Å². The molecule has 6 nitrogen and oxygen atoms in total. The number of thioether (sulfide) groups is 1. The van der Waals surface area contributed by atoms with Crippen LogP contribution < -0.4 is 5.32 Å². The first-order valence-corrected chi connectivity index (χ1v) is 13.4. The number of hydrogen-bond donors (Lipinski definition) is 1. The summed E-state index contributed by atoms with van der Waals surface area (Å²) >= 11 is 2.23. The van der Waals surface area contributed by atoms with Gasteiger partial charge in [-0.05, 0) is 65.5 Å². The molecule has 1 aromatic heterocycles. The van der Waals surface area contributed by atoms with E-state index in [4.69, 9.17) is 9.41 Å². The second-order valence-corrected chi connectivity index (χ2v) is 11.2. The zero-order valence-corrected chi connectivity index (χ0v) is 23.3. The van der Waals surface area contributed by atoms with Gasteiger partial charge in [0.05, 0.1) is 12.2 Å². The highest BCUT2D eigenvalue weighted by atomic mass is 127. The van der Waals surface area contributed by atoms with Crippen molar-refractivity contribution >= 4 is 41.7 Å². The molecule has 0 amide bonds. The number of nitrogens with zero attached hydrogens (tertiary/aromatic N) is 4. The molecule has 4 rings (SSSR count). The van der Waals surface area contributed by atoms with Gasteiger partial charge in [0.1, 0.15) is 5.76 Å². The molecule has 3 fully saturated rings. The average Bonchev–Trinajstić information content (AvgIpc) is 3.09. The summed E-state index contributed by atoms with van der Waals surface area (Å²) in [6.45, 7) is 13.5. The normalized spacial score (nSPS) is 22.7. The van der Waals surface area contributed by atoms with Crippen LogP contribution in [-0.4, -0.2) is 70.5 Å². The van der Waals surface area contributed by atoms with Crippen LogP contribution in [0.15, 0.2) is 9.41 Å². The SMILES string of the molecule is CCNC(=NCC1CCN(Cc2nc(C)c(C)o2)CC1)N1CCSC2(CCCCC2)C1.I. The minimum atomic E-state index is 0. The number of nitrogens with one attached hydrogen (secondary N) is 1. The Morgan fingerprint density at radius 1 is 1.19 bits per heavy atom. The van der Waals surface area contributed by atoms with Gasteiger partial charge in [0.25, 0.3) is 0 Å². The minimum Gasteiger partial charge on any atom is -0.444 e. The molecule has 0 bridgehead atoms. The zero-order chi connectivity index (χ0) is 21.7. The number of piperidine rings is 1. The van der Waals surface area contributed by atoms with Gasteiger partial charge in [-0.2, -0.15) is 11.8 Å². The smallest absolute Gasteiger partial charge is 0.208 e. The van der Waals surface area contributed by atoms with Gasteiger partial charge in [0.15, 0.2) is 5.96 Å². The van der Waals surface area contributed by atoms with Crippen molar-refractivity contribution in [2.75, 3.05) is 45.0 Å². The molecule has 32 heavy (non-hydrogen) atoms. The summed E-state index contributed by atoms with van der Waals surface area (Å²) in [5.41, 5.74) is 1.02. The second kappa shape index (κ2) is 12.3. The molecule has 0 aromatic carbocycles. The molecule has 1 aliphatic carbocycles. The zero-order valence-electron chi connectivity index (χ0n) is 20.2. The molecule has 1 aromatic rings. The Kier molecular flexibility index (Phi) is 10.0. The Balaban J connectivity index is 0.00000289. The summed E-state index contributed by atoms with van der Waals surface area (Å²) in [4.78, 5) is 14.7. The summed E-state index contributed by atoms with van der Waals surface area (Å²) < 4.78 is 6.26. The van der Waals surface area contributed by atoms with Gasteiger partial charge in [-0.15, -0.1) is 24.0 Å². The highest BCUT2D eigenvalue weighted by Gasteiger charge is 2.38. The monoisotopic (exact) mass is 575 g/mol. The molecule has 2 saturated heterocycles. The first kappa shape index (κ1) is 26.1. The molecule has 8 heteroatoms. The summed E-state index contributed by atoms with van der Waals surface area (Å²) in [6.07, 6.45) is 9.41. The van der Waals surface area contributed by atoms with Gasteiger partial charge in [-0.1, -0.05) is 19.3 Å². The second-order valence-electron chi connectivity index (χ2n) is 9.68. The van der Waals surface area contributed by atoms with Gasteiger partial charge in [0, 0.05) is 36.7 Å². The molecule has 182 valence electrons. The van der Waals surface area contributed by atoms with E-state index >= 15 is 0 Å². The van der Waals surface area contributed by atoms with Crippen LogP contribution in [-0.2, 0) is 6.54 Å². The average molecular weight is 576 g/mol. The number of hydrogen-bond acceptors (Lipinski definition) is 5. The van der Waals surface area contributed by atoms with E-state index < -0.39 is 0 Å². The lowest BCUT2D eigenvalue weighted by Crippen LogP contribution is -2.53. The van der Waals surface area contributed by atoms with E-state index in [0.29, 0.717) is 10.7 Å². The summed E-state index contributed by atoms with van der Waals surface area (Å²) in [6, 6.07) is 0. The first-order chi connectivity index (χ1) is 15.1. The standard InChI is InChI=1S/C24H41N5OS.HI/c1-4-25-23(29-14-15-31-24(18-29)10-6-5-7-11-24)26-16-21-8-12-28(13-9-21)17-22-27-19(2)20(3)30-22;/h21H,4-18H2,1-3H3,(H,25,26);1H. The van der Waals surface area contributed by atoms with E-state index in [1.807, 2.05) is 13.8 Å². The van der Waals surface area contributed by atoms with Crippen LogP contribution in [0.5, 0.6) is 0 Å². The van der Waals surface area contributed by atoms with Crippen LogP contribution >= 0.6 is 35.7 Å². The van der Waals surface area contributed by atoms with E-state index in [1.165, 1.54) is 57.2 Å². The number of likely N-dealkylation sites (tertiary alicyclic amines) is 1. The summed E-state index contributed by atoms with van der Waals surface area (Å²) in [5.74, 6) is 4.88. The lowest BCUT2D eigenvalue weighted by atomic mass is 9.87. The van der Waals surface area contributed by atoms with Crippen LogP contribution in [0.1, 0.15) is 69.2 Å². The van der Waals surface area contributed by atoms with E-state index in [9.17, 15) is 0 Å². The van der Waals surface area contributed by atoms with Crippen LogP contribution in [0.4, 0.5) is 0 Å². The highest BCUT2D eigenvalue weighted by Crippen LogP contribution is 2.42. The van der Waals surface area contributed by atoms with Crippen molar-refractivity contribution in [3.05, 3.63) is 17.3 Å². The van der Waals surface area contributed by atoms with Crippen LogP contribution in [0, 0.1) is 19.8 Å². The van der Waals surface area contributed by atoms with Crippen molar-refractivity contribution in [2.45, 2.75) is 77.0 Å². The molecule has 0 unspecified atom stereocenters. The van der Waals surface area contributed by atoms with Crippen molar-refractivity contribution in [2.24, 2.45) is 10.9 Å². The number of rotatable bonds is 5. The van der Waals surface area contributed by atoms with Gasteiger partial charge in [0.2, 0.25) is 5.89 Å². The number of aliphatic imine (C=N–C) groups is 1. The quantitative estimate of drug-likeness (QED) is 0.308. The molecule has 2 aliphatic heterocycles. The fourth-order valence-corrected chi connectivity index (χ4v) is 6.86. The molecule has 3 heterocycles. The predicted molar refractivity (Wildman–Crippen MR) is 145 cm³/mol. The molecular formula is C24H42IN5OS. The topological polar surface area (TPSA) is 56.9 Å². The number of halogens is 1. The molecule has 0 atom stereocenters. The third-order valence-corrected chi connectivity index (χ3v) is 8.82. The molecule has 1 saturated carbocycles. The highest BCUT2D eigenvalue weighted by molar-refractivity contribution is 14.0. The number of guanidine groups is 1. The van der Waals surface area contributed by atoms with E-state index in [1.54, 1.807) is 0 Å². The van der Waals surface area contributed by atoms with Gasteiger partial charge < -0.3 is 14.6 Å². The maximum absolute atomic E-state index is 5.77. The predicted octanol–water partition coefficient (Wildman–Crippen LogP) is 4.84. The lowest BCUT2D eigenvalue weighted by Gasteiger charge is -2.45. The Morgan fingerprint density at radius 3 is 2.59 bits per heavy atom. The molecule has 3 aliphatic rings. The van der Waals surface area contributed by atoms with Crippen molar-refractivity contribution in [3.8, 4) is 0 Å². The van der Waals surface area contributed by atoms with Crippen molar-refractivity contribution in [1.29, 1.82) is 0 Å². The summed E-state index contributed by atoms with van der Waals surface area (Å²) in [5, 5.41) is 3.60. The number of oxazole rings is 1. The van der Waals surface area contributed by atoms with E-state index in [-0.39, 0.29) is 24.0 Å². The Morgan fingerprint density at radius 2 is 1.94 bits per heavy atom. The Labute approximate surface area is 215 Å². The minimum absolute atomic E-state index is 0. The molecule has 1 spiro atoms. The van der Waals surface area contributed by atoms with Crippen LogP contribution in [0.25, 0.3) is 0 Å².